The molecule has 1 saturated heterocycles. The Morgan fingerprint density at radius 2 is 2.21 bits per heavy atom. The van der Waals surface area contributed by atoms with E-state index in [-0.39, 0.29) is 29.8 Å². The van der Waals surface area contributed by atoms with Crippen LogP contribution in [0.1, 0.15) is 24.2 Å². The van der Waals surface area contributed by atoms with Gasteiger partial charge in [-0.1, -0.05) is 18.2 Å². The summed E-state index contributed by atoms with van der Waals surface area (Å²) < 4.78 is 16.3. The summed E-state index contributed by atoms with van der Waals surface area (Å²) in [5.74, 6) is 0.322. The molecular formula is C21H24N2O5. The molecule has 1 aromatic carbocycles. The normalized spacial score (nSPS) is 18.1. The van der Waals surface area contributed by atoms with Crippen molar-refractivity contribution in [2.24, 2.45) is 0 Å². The number of anilines is 1. The second kappa shape index (κ2) is 8.48. The Morgan fingerprint density at radius 3 is 3.04 bits per heavy atom. The Balaban J connectivity index is 1.29. The second-order valence-corrected chi connectivity index (χ2v) is 7.10. The average Bonchev–Trinajstić information content (AvgIpc) is 3.36. The van der Waals surface area contributed by atoms with Gasteiger partial charge in [0.25, 0.3) is 5.91 Å². The number of ether oxygens (including phenoxy) is 2. The van der Waals surface area contributed by atoms with E-state index < -0.39 is 0 Å². The predicted molar refractivity (Wildman–Crippen MR) is 104 cm³/mol. The molecule has 7 heteroatoms. The standard InChI is InChI=1S/C21H24N2O5/c24-19-10-17(12-23-8-7-15-4-1-2-6-18(15)23)27-13-20(19)28-14-21(25)22-11-16-5-3-9-26-16/h1-2,4,6,10,13,16H,3,5,7-9,11-12,14H2,(H,22,25). The van der Waals surface area contributed by atoms with Crippen LogP contribution in [0.3, 0.4) is 0 Å². The van der Waals surface area contributed by atoms with E-state index >= 15 is 0 Å². The molecule has 28 heavy (non-hydrogen) atoms. The lowest BCUT2D eigenvalue weighted by Crippen LogP contribution is -2.35. The summed E-state index contributed by atoms with van der Waals surface area (Å²) in [5.41, 5.74) is 2.19. The summed E-state index contributed by atoms with van der Waals surface area (Å²) >= 11 is 0. The molecule has 0 bridgehead atoms. The van der Waals surface area contributed by atoms with E-state index in [0.717, 1.165) is 32.4 Å². The summed E-state index contributed by atoms with van der Waals surface area (Å²) in [6.45, 7) is 2.40. The van der Waals surface area contributed by atoms with E-state index in [2.05, 4.69) is 22.3 Å². The third kappa shape index (κ3) is 4.36. The van der Waals surface area contributed by atoms with Gasteiger partial charge in [-0.05, 0) is 30.9 Å². The molecule has 4 rings (SSSR count). The van der Waals surface area contributed by atoms with Gasteiger partial charge in [0.2, 0.25) is 11.2 Å². The number of benzene rings is 1. The van der Waals surface area contributed by atoms with Gasteiger partial charge < -0.3 is 24.1 Å². The van der Waals surface area contributed by atoms with Crippen molar-refractivity contribution in [1.82, 2.24) is 5.32 Å². The fraction of sp³-hybridized carbons (Fsp3) is 0.429. The Kier molecular flexibility index (Phi) is 5.62. The van der Waals surface area contributed by atoms with Crippen LogP contribution < -0.4 is 20.4 Å². The molecule has 0 radical (unpaired) electrons. The van der Waals surface area contributed by atoms with Gasteiger partial charge in [-0.2, -0.15) is 0 Å². The molecule has 0 spiro atoms. The highest BCUT2D eigenvalue weighted by atomic mass is 16.5. The third-order valence-electron chi connectivity index (χ3n) is 5.09. The zero-order valence-electron chi connectivity index (χ0n) is 15.7. The minimum Gasteiger partial charge on any atom is -0.477 e. The summed E-state index contributed by atoms with van der Waals surface area (Å²) in [5, 5.41) is 2.76. The summed E-state index contributed by atoms with van der Waals surface area (Å²) in [7, 11) is 0. The van der Waals surface area contributed by atoms with E-state index in [1.807, 2.05) is 12.1 Å². The van der Waals surface area contributed by atoms with Crippen molar-refractivity contribution in [2.45, 2.75) is 31.9 Å². The van der Waals surface area contributed by atoms with Crippen LogP contribution >= 0.6 is 0 Å². The zero-order valence-corrected chi connectivity index (χ0v) is 15.7. The van der Waals surface area contributed by atoms with Crippen molar-refractivity contribution in [1.29, 1.82) is 0 Å². The number of hydrogen-bond donors (Lipinski definition) is 1. The second-order valence-electron chi connectivity index (χ2n) is 7.10. The minimum absolute atomic E-state index is 0.0397. The third-order valence-corrected chi connectivity index (χ3v) is 5.09. The maximum atomic E-state index is 12.3. The lowest BCUT2D eigenvalue weighted by molar-refractivity contribution is -0.123. The molecule has 1 unspecified atom stereocenters. The van der Waals surface area contributed by atoms with Crippen LogP contribution in [-0.4, -0.2) is 38.3 Å². The van der Waals surface area contributed by atoms with Gasteiger partial charge >= 0.3 is 0 Å². The first-order chi connectivity index (χ1) is 13.7. The Morgan fingerprint density at radius 1 is 1.32 bits per heavy atom. The Hall–Kier alpha value is -2.80. The number of para-hydroxylation sites is 1. The topological polar surface area (TPSA) is 81.0 Å². The molecule has 0 aliphatic carbocycles. The highest BCUT2D eigenvalue weighted by Crippen LogP contribution is 2.28. The number of nitrogens with zero attached hydrogens (tertiary/aromatic N) is 1. The maximum absolute atomic E-state index is 12.3. The molecule has 148 valence electrons. The summed E-state index contributed by atoms with van der Waals surface area (Å²) in [6, 6.07) is 9.67. The monoisotopic (exact) mass is 384 g/mol. The van der Waals surface area contributed by atoms with Gasteiger partial charge in [-0.25, -0.2) is 0 Å². The van der Waals surface area contributed by atoms with Crippen molar-refractivity contribution in [3.63, 3.8) is 0 Å². The molecule has 3 heterocycles. The number of hydrogen-bond acceptors (Lipinski definition) is 6. The molecule has 2 aliphatic rings. The van der Waals surface area contributed by atoms with Gasteiger partial charge in [0.05, 0.1) is 12.6 Å². The van der Waals surface area contributed by atoms with Crippen LogP contribution in [0, 0.1) is 0 Å². The van der Waals surface area contributed by atoms with Gasteiger partial charge in [-0.15, -0.1) is 0 Å². The van der Waals surface area contributed by atoms with E-state index in [1.54, 1.807) is 0 Å². The van der Waals surface area contributed by atoms with E-state index in [0.29, 0.717) is 18.8 Å². The predicted octanol–water partition coefficient (Wildman–Crippen LogP) is 1.88. The van der Waals surface area contributed by atoms with Gasteiger partial charge in [-0.3, -0.25) is 9.59 Å². The average molecular weight is 384 g/mol. The van der Waals surface area contributed by atoms with E-state index in [1.165, 1.54) is 23.6 Å². The van der Waals surface area contributed by atoms with Gasteiger partial charge in [0.1, 0.15) is 12.0 Å². The molecule has 0 saturated carbocycles. The van der Waals surface area contributed by atoms with Gasteiger partial charge in [0, 0.05) is 31.5 Å². The molecule has 7 nitrogen and oxygen atoms in total. The lowest BCUT2D eigenvalue weighted by Gasteiger charge is -2.18. The molecule has 1 atom stereocenters. The van der Waals surface area contributed by atoms with Crippen molar-refractivity contribution < 1.29 is 18.7 Å². The van der Waals surface area contributed by atoms with E-state index in [9.17, 15) is 9.59 Å². The largest absolute Gasteiger partial charge is 0.477 e. The SMILES string of the molecule is O=C(COc1coc(CN2CCc3ccccc32)cc1=O)NCC1CCCO1. The number of carbonyl (C=O) groups is 1. The molecule has 1 amide bonds. The Bertz CT molecular complexity index is 888. The molecule has 1 N–H and O–H groups in total. The lowest BCUT2D eigenvalue weighted by atomic mass is 10.2. The van der Waals surface area contributed by atoms with Crippen molar-refractivity contribution in [3.05, 3.63) is 58.1 Å². The maximum Gasteiger partial charge on any atom is 0.258 e. The molecule has 1 fully saturated rings. The fourth-order valence-corrected chi connectivity index (χ4v) is 3.61. The first kappa shape index (κ1) is 18.6. The number of amides is 1. The summed E-state index contributed by atoms with van der Waals surface area (Å²) in [4.78, 5) is 26.3. The van der Waals surface area contributed by atoms with Crippen LogP contribution in [0.5, 0.6) is 5.75 Å². The van der Waals surface area contributed by atoms with Crippen LogP contribution in [0.4, 0.5) is 5.69 Å². The fourth-order valence-electron chi connectivity index (χ4n) is 3.61. The molecule has 2 aromatic rings. The number of nitrogens with one attached hydrogen (secondary N) is 1. The van der Waals surface area contributed by atoms with Crippen LogP contribution in [0.2, 0.25) is 0 Å². The smallest absolute Gasteiger partial charge is 0.258 e. The Labute approximate surface area is 163 Å². The first-order valence-corrected chi connectivity index (χ1v) is 9.65. The molecule has 2 aliphatic heterocycles. The summed E-state index contributed by atoms with van der Waals surface area (Å²) in [6.07, 6.45) is 4.32. The van der Waals surface area contributed by atoms with Crippen molar-refractivity contribution in [2.75, 3.05) is 31.2 Å². The van der Waals surface area contributed by atoms with Gasteiger partial charge in [0.15, 0.2) is 6.61 Å². The van der Waals surface area contributed by atoms with E-state index in [4.69, 9.17) is 13.9 Å². The number of fused-ring (bicyclic) bond motifs is 1. The first-order valence-electron chi connectivity index (χ1n) is 9.65. The molecule has 1 aromatic heterocycles. The van der Waals surface area contributed by atoms with Crippen LogP contribution in [0.15, 0.2) is 45.8 Å². The zero-order chi connectivity index (χ0) is 19.3. The van der Waals surface area contributed by atoms with Crippen molar-refractivity contribution >= 4 is 11.6 Å². The quantitative estimate of drug-likeness (QED) is 0.785. The number of rotatable bonds is 7. The molecular weight excluding hydrogens is 360 g/mol. The highest BCUT2D eigenvalue weighted by Gasteiger charge is 2.20. The van der Waals surface area contributed by atoms with Crippen molar-refractivity contribution in [3.8, 4) is 5.75 Å². The highest BCUT2D eigenvalue weighted by molar-refractivity contribution is 5.77. The van der Waals surface area contributed by atoms with Crippen LogP contribution in [0.25, 0.3) is 0 Å². The minimum atomic E-state index is -0.291. The number of carbonyl (C=O) groups excluding carboxylic acids is 1. The van der Waals surface area contributed by atoms with Crippen LogP contribution in [-0.2, 0) is 22.5 Å².